The molecule has 2 aromatic rings. The number of rotatable bonds is 4. The van der Waals surface area contributed by atoms with E-state index in [4.69, 9.17) is 4.74 Å². The van der Waals surface area contributed by atoms with Crippen molar-refractivity contribution < 1.29 is 9.53 Å². The number of amides is 1. The molecular formula is C16H16NO2. The number of ether oxygens (including phenoxy) is 1. The highest BCUT2D eigenvalue weighted by Crippen LogP contribution is 2.19. The number of anilines is 1. The normalized spacial score (nSPS) is 10.0. The zero-order valence-electron chi connectivity index (χ0n) is 10.8. The second-order valence-electron chi connectivity index (χ2n) is 4.10. The fourth-order valence-corrected chi connectivity index (χ4v) is 1.79. The Hall–Kier alpha value is -2.29. The summed E-state index contributed by atoms with van der Waals surface area (Å²) in [6.07, 6.45) is 0.737. The van der Waals surface area contributed by atoms with Crippen molar-refractivity contribution in [2.45, 2.75) is 6.42 Å². The van der Waals surface area contributed by atoms with Crippen molar-refractivity contribution in [3.05, 3.63) is 66.6 Å². The molecule has 3 nitrogen and oxygen atoms in total. The molecule has 0 heterocycles. The summed E-state index contributed by atoms with van der Waals surface area (Å²) < 4.78 is 5.17. The van der Waals surface area contributed by atoms with Gasteiger partial charge < -0.3 is 10.1 Å². The Morgan fingerprint density at radius 2 is 1.84 bits per heavy atom. The van der Waals surface area contributed by atoms with Crippen LogP contribution in [0.5, 0.6) is 5.75 Å². The Bertz CT molecular complexity index is 561. The number of para-hydroxylation sites is 1. The Morgan fingerprint density at radius 3 is 2.47 bits per heavy atom. The fourth-order valence-electron chi connectivity index (χ4n) is 1.79. The van der Waals surface area contributed by atoms with Crippen molar-refractivity contribution in [1.29, 1.82) is 0 Å². The highest BCUT2D eigenvalue weighted by atomic mass is 16.5. The summed E-state index contributed by atoms with van der Waals surface area (Å²) in [5.41, 5.74) is 2.41. The second-order valence-corrected chi connectivity index (χ2v) is 4.10. The third kappa shape index (κ3) is 3.13. The Morgan fingerprint density at radius 1 is 1.16 bits per heavy atom. The standard InChI is InChI=1S/C16H16NO2/c1-3-12-8-10-13(11-9-12)17-16(18)14-6-4-5-7-15(14)19-2/h4-11H,1,3H2,2H3,(H,17,18). The SMILES string of the molecule is [CH2]Cc1ccc(NC(=O)c2ccccc2OC)cc1. The molecule has 1 N–H and O–H groups in total. The number of hydrogen-bond donors (Lipinski definition) is 1. The molecule has 3 heteroatoms. The van der Waals surface area contributed by atoms with E-state index in [1.807, 2.05) is 36.4 Å². The van der Waals surface area contributed by atoms with Crippen LogP contribution in [0.1, 0.15) is 15.9 Å². The third-order valence-corrected chi connectivity index (χ3v) is 2.85. The van der Waals surface area contributed by atoms with Crippen molar-refractivity contribution >= 4 is 11.6 Å². The lowest BCUT2D eigenvalue weighted by Gasteiger charge is -2.09. The van der Waals surface area contributed by atoms with Gasteiger partial charge in [-0.15, -0.1) is 0 Å². The van der Waals surface area contributed by atoms with E-state index < -0.39 is 0 Å². The van der Waals surface area contributed by atoms with Gasteiger partial charge in [-0.3, -0.25) is 4.79 Å². The Labute approximate surface area is 113 Å². The summed E-state index contributed by atoms with van der Waals surface area (Å²) in [7, 11) is 1.55. The van der Waals surface area contributed by atoms with E-state index in [1.165, 1.54) is 0 Å². The summed E-state index contributed by atoms with van der Waals surface area (Å²) in [5, 5.41) is 2.84. The van der Waals surface area contributed by atoms with Gasteiger partial charge in [-0.1, -0.05) is 24.3 Å². The molecule has 0 aromatic heterocycles. The molecular weight excluding hydrogens is 238 g/mol. The first-order valence-electron chi connectivity index (χ1n) is 6.07. The topological polar surface area (TPSA) is 38.3 Å². The minimum atomic E-state index is -0.181. The van der Waals surface area contributed by atoms with E-state index in [0.29, 0.717) is 11.3 Å². The first-order valence-corrected chi connectivity index (χ1v) is 6.07. The van der Waals surface area contributed by atoms with Gasteiger partial charge in [0, 0.05) is 5.69 Å². The predicted octanol–water partition coefficient (Wildman–Crippen LogP) is 3.32. The van der Waals surface area contributed by atoms with Crippen LogP contribution < -0.4 is 10.1 Å². The van der Waals surface area contributed by atoms with Gasteiger partial charge in [0.25, 0.3) is 5.91 Å². The van der Waals surface area contributed by atoms with E-state index in [0.717, 1.165) is 17.7 Å². The molecule has 0 aliphatic heterocycles. The van der Waals surface area contributed by atoms with Gasteiger partial charge in [0.15, 0.2) is 0 Å². The predicted molar refractivity (Wildman–Crippen MR) is 76.5 cm³/mol. The zero-order chi connectivity index (χ0) is 13.7. The van der Waals surface area contributed by atoms with Crippen LogP contribution >= 0.6 is 0 Å². The lowest BCUT2D eigenvalue weighted by atomic mass is 10.1. The lowest BCUT2D eigenvalue weighted by Crippen LogP contribution is -2.13. The smallest absolute Gasteiger partial charge is 0.259 e. The van der Waals surface area contributed by atoms with Crippen molar-refractivity contribution in [2.75, 3.05) is 12.4 Å². The van der Waals surface area contributed by atoms with Gasteiger partial charge in [-0.05, 0) is 43.2 Å². The average Bonchev–Trinajstić information content (AvgIpc) is 2.48. The number of nitrogens with one attached hydrogen (secondary N) is 1. The van der Waals surface area contributed by atoms with Crippen LogP contribution in [-0.4, -0.2) is 13.0 Å². The summed E-state index contributed by atoms with van der Waals surface area (Å²) in [4.78, 5) is 12.1. The first-order chi connectivity index (χ1) is 9.24. The molecule has 0 fully saturated rings. The van der Waals surface area contributed by atoms with Crippen LogP contribution in [0, 0.1) is 6.92 Å². The van der Waals surface area contributed by atoms with E-state index in [1.54, 1.807) is 19.2 Å². The lowest BCUT2D eigenvalue weighted by molar-refractivity contribution is 0.102. The molecule has 0 aliphatic rings. The Balaban J connectivity index is 2.16. The highest BCUT2D eigenvalue weighted by Gasteiger charge is 2.11. The summed E-state index contributed by atoms with van der Waals surface area (Å²) in [5.74, 6) is 0.384. The van der Waals surface area contributed by atoms with Crippen LogP contribution in [0.25, 0.3) is 0 Å². The monoisotopic (exact) mass is 254 g/mol. The van der Waals surface area contributed by atoms with Gasteiger partial charge in [0.2, 0.25) is 0 Å². The van der Waals surface area contributed by atoms with Crippen molar-refractivity contribution in [1.82, 2.24) is 0 Å². The minimum Gasteiger partial charge on any atom is -0.496 e. The molecule has 97 valence electrons. The van der Waals surface area contributed by atoms with Crippen LogP contribution in [0.2, 0.25) is 0 Å². The first kappa shape index (κ1) is 13.1. The zero-order valence-corrected chi connectivity index (χ0v) is 10.8. The third-order valence-electron chi connectivity index (χ3n) is 2.85. The van der Waals surface area contributed by atoms with E-state index in [9.17, 15) is 4.79 Å². The number of carbonyl (C=O) groups is 1. The van der Waals surface area contributed by atoms with Gasteiger partial charge in [0.05, 0.1) is 12.7 Å². The largest absolute Gasteiger partial charge is 0.496 e. The average molecular weight is 254 g/mol. The molecule has 19 heavy (non-hydrogen) atoms. The molecule has 0 spiro atoms. The van der Waals surface area contributed by atoms with E-state index in [-0.39, 0.29) is 5.91 Å². The quantitative estimate of drug-likeness (QED) is 0.908. The maximum Gasteiger partial charge on any atom is 0.259 e. The summed E-state index contributed by atoms with van der Waals surface area (Å²) >= 11 is 0. The molecule has 0 aliphatic carbocycles. The highest BCUT2D eigenvalue weighted by molar-refractivity contribution is 6.06. The molecule has 0 saturated carbocycles. The van der Waals surface area contributed by atoms with Crippen molar-refractivity contribution in [3.63, 3.8) is 0 Å². The molecule has 1 radical (unpaired) electrons. The number of methoxy groups -OCH3 is 1. The van der Waals surface area contributed by atoms with Crippen molar-refractivity contribution in [2.24, 2.45) is 0 Å². The van der Waals surface area contributed by atoms with Crippen LogP contribution in [0.4, 0.5) is 5.69 Å². The minimum absolute atomic E-state index is 0.181. The van der Waals surface area contributed by atoms with Gasteiger partial charge in [-0.2, -0.15) is 0 Å². The molecule has 2 rings (SSSR count). The second kappa shape index (κ2) is 6.05. The van der Waals surface area contributed by atoms with E-state index in [2.05, 4.69) is 12.2 Å². The molecule has 2 aromatic carbocycles. The van der Waals surface area contributed by atoms with E-state index >= 15 is 0 Å². The van der Waals surface area contributed by atoms with Gasteiger partial charge in [0.1, 0.15) is 5.75 Å². The molecule has 0 bridgehead atoms. The summed E-state index contributed by atoms with van der Waals surface area (Å²) in [6.45, 7) is 3.81. The summed E-state index contributed by atoms with van der Waals surface area (Å²) in [6, 6.07) is 14.8. The number of benzene rings is 2. The van der Waals surface area contributed by atoms with Crippen LogP contribution in [0.3, 0.4) is 0 Å². The molecule has 0 unspecified atom stereocenters. The molecule has 0 saturated heterocycles. The number of hydrogen-bond acceptors (Lipinski definition) is 2. The van der Waals surface area contributed by atoms with Gasteiger partial charge in [-0.25, -0.2) is 0 Å². The van der Waals surface area contributed by atoms with Crippen LogP contribution in [-0.2, 0) is 6.42 Å². The number of carbonyl (C=O) groups excluding carboxylic acids is 1. The maximum absolute atomic E-state index is 12.1. The maximum atomic E-state index is 12.1. The molecule has 1 amide bonds. The van der Waals surface area contributed by atoms with Crippen LogP contribution in [0.15, 0.2) is 48.5 Å². The van der Waals surface area contributed by atoms with Gasteiger partial charge >= 0.3 is 0 Å². The fraction of sp³-hybridized carbons (Fsp3) is 0.125. The molecule has 0 atom stereocenters. The Kier molecular flexibility index (Phi) is 4.18. The van der Waals surface area contributed by atoms with Crippen molar-refractivity contribution in [3.8, 4) is 5.75 Å².